The van der Waals surface area contributed by atoms with Crippen molar-refractivity contribution in [3.05, 3.63) is 23.8 Å². The Morgan fingerprint density at radius 1 is 1.35 bits per heavy atom. The largest absolute Gasteiger partial charge is 0.398 e. The summed E-state index contributed by atoms with van der Waals surface area (Å²) in [4.78, 5) is 14.5. The molecule has 1 aliphatic rings. The maximum atomic E-state index is 12.2. The lowest BCUT2D eigenvalue weighted by Crippen LogP contribution is -2.47. The first-order chi connectivity index (χ1) is 9.49. The average Bonchev–Trinajstić information content (AvgIpc) is 2.39. The third-order valence-corrected chi connectivity index (χ3v) is 4.35. The maximum Gasteiger partial charge on any atom is 0.238 e. The highest BCUT2D eigenvalue weighted by molar-refractivity contribution is 5.93. The fourth-order valence-corrected chi connectivity index (χ4v) is 2.93. The Hall–Kier alpha value is -1.55. The van der Waals surface area contributed by atoms with Gasteiger partial charge in [0, 0.05) is 23.5 Å². The van der Waals surface area contributed by atoms with Crippen LogP contribution in [0.15, 0.2) is 18.2 Å². The molecule has 1 aliphatic heterocycles. The average molecular weight is 275 g/mol. The highest BCUT2D eigenvalue weighted by Crippen LogP contribution is 2.23. The van der Waals surface area contributed by atoms with E-state index in [0.29, 0.717) is 24.3 Å². The van der Waals surface area contributed by atoms with Crippen LogP contribution in [0.2, 0.25) is 0 Å². The molecule has 0 spiro atoms. The molecular formula is C16H25N3O. The third kappa shape index (κ3) is 3.31. The SMILES string of the molecule is Cc1c(N)cccc1NC(=O)CN1[C@H](C)CCC[C@@H]1C. The van der Waals surface area contributed by atoms with Crippen LogP contribution in [-0.4, -0.2) is 29.4 Å². The van der Waals surface area contributed by atoms with Gasteiger partial charge in [0.25, 0.3) is 0 Å². The number of benzene rings is 1. The highest BCUT2D eigenvalue weighted by atomic mass is 16.2. The predicted molar refractivity (Wildman–Crippen MR) is 83.7 cm³/mol. The lowest BCUT2D eigenvalue weighted by molar-refractivity contribution is -0.118. The minimum atomic E-state index is 0.0410. The summed E-state index contributed by atoms with van der Waals surface area (Å²) in [6, 6.07) is 6.56. The van der Waals surface area contributed by atoms with Crippen molar-refractivity contribution in [1.29, 1.82) is 0 Å². The molecular weight excluding hydrogens is 250 g/mol. The van der Waals surface area contributed by atoms with Crippen LogP contribution < -0.4 is 11.1 Å². The Bertz CT molecular complexity index is 477. The van der Waals surface area contributed by atoms with E-state index in [1.807, 2.05) is 25.1 Å². The first kappa shape index (κ1) is 14.9. The van der Waals surface area contributed by atoms with Crippen LogP contribution in [0.25, 0.3) is 0 Å². The zero-order valence-corrected chi connectivity index (χ0v) is 12.6. The number of hydrogen-bond acceptors (Lipinski definition) is 3. The molecule has 4 heteroatoms. The van der Waals surface area contributed by atoms with E-state index in [-0.39, 0.29) is 5.91 Å². The standard InChI is InChI=1S/C16H25N3O/c1-11-6-4-7-12(2)19(11)10-16(20)18-15-9-5-8-14(17)13(15)3/h5,8-9,11-12H,4,6-7,10,17H2,1-3H3,(H,18,20)/t11-,12+. The lowest BCUT2D eigenvalue weighted by atomic mass is 9.97. The summed E-state index contributed by atoms with van der Waals surface area (Å²) in [5, 5.41) is 2.98. The zero-order chi connectivity index (χ0) is 14.7. The second kappa shape index (κ2) is 6.27. The number of anilines is 2. The molecule has 0 aliphatic carbocycles. The molecule has 0 saturated carbocycles. The molecule has 110 valence electrons. The van der Waals surface area contributed by atoms with E-state index in [4.69, 9.17) is 5.73 Å². The molecule has 1 saturated heterocycles. The maximum absolute atomic E-state index is 12.2. The molecule has 0 unspecified atom stereocenters. The van der Waals surface area contributed by atoms with Gasteiger partial charge in [0.15, 0.2) is 0 Å². The van der Waals surface area contributed by atoms with Crippen molar-refractivity contribution in [2.75, 3.05) is 17.6 Å². The van der Waals surface area contributed by atoms with E-state index in [1.165, 1.54) is 19.3 Å². The quantitative estimate of drug-likeness (QED) is 0.834. The molecule has 3 N–H and O–H groups in total. The van der Waals surface area contributed by atoms with Crippen LogP contribution >= 0.6 is 0 Å². The third-order valence-electron chi connectivity index (χ3n) is 4.35. The number of piperidine rings is 1. The first-order valence-electron chi connectivity index (χ1n) is 7.39. The number of nitrogen functional groups attached to an aromatic ring is 1. The Kier molecular flexibility index (Phi) is 4.65. The van der Waals surface area contributed by atoms with Crippen molar-refractivity contribution >= 4 is 17.3 Å². The number of nitrogens with two attached hydrogens (primary N) is 1. The van der Waals surface area contributed by atoms with Crippen LogP contribution in [0.3, 0.4) is 0 Å². The predicted octanol–water partition coefficient (Wildman–Crippen LogP) is 2.78. The second-order valence-corrected chi connectivity index (χ2v) is 5.87. The van der Waals surface area contributed by atoms with Gasteiger partial charge >= 0.3 is 0 Å². The summed E-state index contributed by atoms with van der Waals surface area (Å²) in [6.07, 6.45) is 3.61. The van der Waals surface area contributed by atoms with Gasteiger partial charge in [-0.1, -0.05) is 12.5 Å². The fraction of sp³-hybridized carbons (Fsp3) is 0.562. The van der Waals surface area contributed by atoms with E-state index >= 15 is 0 Å². The monoisotopic (exact) mass is 275 g/mol. The van der Waals surface area contributed by atoms with Gasteiger partial charge < -0.3 is 11.1 Å². The minimum Gasteiger partial charge on any atom is -0.398 e. The van der Waals surface area contributed by atoms with Crippen LogP contribution in [0.5, 0.6) is 0 Å². The van der Waals surface area contributed by atoms with Crippen molar-refractivity contribution < 1.29 is 4.79 Å². The van der Waals surface area contributed by atoms with Crippen LogP contribution in [0.4, 0.5) is 11.4 Å². The lowest BCUT2D eigenvalue weighted by Gasteiger charge is -2.38. The van der Waals surface area contributed by atoms with Crippen molar-refractivity contribution in [1.82, 2.24) is 4.90 Å². The summed E-state index contributed by atoms with van der Waals surface area (Å²) in [7, 11) is 0. The Labute approximate surface area is 121 Å². The van der Waals surface area contributed by atoms with Gasteiger partial charge in [0.1, 0.15) is 0 Å². The summed E-state index contributed by atoms with van der Waals surface area (Å²) < 4.78 is 0. The number of carbonyl (C=O) groups is 1. The first-order valence-corrected chi connectivity index (χ1v) is 7.39. The van der Waals surface area contributed by atoms with Crippen molar-refractivity contribution in [3.63, 3.8) is 0 Å². The molecule has 0 radical (unpaired) electrons. The molecule has 4 nitrogen and oxygen atoms in total. The molecule has 1 amide bonds. The molecule has 20 heavy (non-hydrogen) atoms. The van der Waals surface area contributed by atoms with Crippen LogP contribution in [0, 0.1) is 6.92 Å². The van der Waals surface area contributed by atoms with Gasteiger partial charge in [-0.15, -0.1) is 0 Å². The number of amides is 1. The van der Waals surface area contributed by atoms with Crippen LogP contribution in [0.1, 0.15) is 38.7 Å². The van der Waals surface area contributed by atoms with E-state index in [1.54, 1.807) is 0 Å². The summed E-state index contributed by atoms with van der Waals surface area (Å²) in [6.45, 7) is 6.79. The Morgan fingerprint density at radius 3 is 2.65 bits per heavy atom. The summed E-state index contributed by atoms with van der Waals surface area (Å²) in [5.74, 6) is 0.0410. The number of nitrogens with one attached hydrogen (secondary N) is 1. The normalized spacial score (nSPS) is 23.6. The van der Waals surface area contributed by atoms with Crippen molar-refractivity contribution in [3.8, 4) is 0 Å². The molecule has 1 aromatic rings. The molecule has 1 fully saturated rings. The van der Waals surface area contributed by atoms with Gasteiger partial charge in [-0.2, -0.15) is 0 Å². The number of carbonyl (C=O) groups excluding carboxylic acids is 1. The Balaban J connectivity index is 2.00. The highest BCUT2D eigenvalue weighted by Gasteiger charge is 2.26. The fourth-order valence-electron chi connectivity index (χ4n) is 2.93. The minimum absolute atomic E-state index is 0.0410. The second-order valence-electron chi connectivity index (χ2n) is 5.87. The molecule has 0 bridgehead atoms. The molecule has 1 heterocycles. The van der Waals surface area contributed by atoms with E-state index < -0.39 is 0 Å². The summed E-state index contributed by atoms with van der Waals surface area (Å²) >= 11 is 0. The van der Waals surface area contributed by atoms with E-state index in [2.05, 4.69) is 24.1 Å². The molecule has 2 atom stereocenters. The van der Waals surface area contributed by atoms with E-state index in [0.717, 1.165) is 11.3 Å². The number of nitrogens with zero attached hydrogens (tertiary/aromatic N) is 1. The van der Waals surface area contributed by atoms with Crippen molar-refractivity contribution in [2.24, 2.45) is 0 Å². The Morgan fingerprint density at radius 2 is 2.00 bits per heavy atom. The number of hydrogen-bond donors (Lipinski definition) is 2. The van der Waals surface area contributed by atoms with Gasteiger partial charge in [0.05, 0.1) is 6.54 Å². The molecule has 0 aromatic heterocycles. The topological polar surface area (TPSA) is 58.4 Å². The smallest absolute Gasteiger partial charge is 0.238 e. The van der Waals surface area contributed by atoms with Crippen molar-refractivity contribution in [2.45, 2.75) is 52.1 Å². The molecule has 2 rings (SSSR count). The number of likely N-dealkylation sites (tertiary alicyclic amines) is 1. The molecule has 1 aromatic carbocycles. The summed E-state index contributed by atoms with van der Waals surface area (Å²) in [5.41, 5.74) is 8.32. The van der Waals surface area contributed by atoms with Gasteiger partial charge in [-0.25, -0.2) is 0 Å². The van der Waals surface area contributed by atoms with Gasteiger partial charge in [-0.3, -0.25) is 9.69 Å². The van der Waals surface area contributed by atoms with Crippen LogP contribution in [-0.2, 0) is 4.79 Å². The number of rotatable bonds is 3. The van der Waals surface area contributed by atoms with E-state index in [9.17, 15) is 4.79 Å². The van der Waals surface area contributed by atoms with Gasteiger partial charge in [-0.05, 0) is 51.3 Å². The van der Waals surface area contributed by atoms with Gasteiger partial charge in [0.2, 0.25) is 5.91 Å². The zero-order valence-electron chi connectivity index (χ0n) is 12.6.